The topological polar surface area (TPSA) is 58.7 Å². The Morgan fingerprint density at radius 1 is 1.39 bits per heavy atom. The third kappa shape index (κ3) is 2.16. The summed E-state index contributed by atoms with van der Waals surface area (Å²) in [5.74, 6) is -0.0915. The zero-order valence-electron chi connectivity index (χ0n) is 10.9. The van der Waals surface area contributed by atoms with Crippen molar-refractivity contribution in [1.29, 1.82) is 0 Å². The lowest BCUT2D eigenvalue weighted by molar-refractivity contribution is -0.119. The smallest absolute Gasteiger partial charge is 0.256 e. The molecule has 1 heterocycles. The molecule has 1 aromatic rings. The molecule has 2 rings (SSSR count). The van der Waals surface area contributed by atoms with Gasteiger partial charge in [-0.05, 0) is 37.9 Å². The number of carbonyl (C=O) groups excluding carboxylic acids is 1. The number of aryl methyl sites for hydroxylation is 1. The lowest BCUT2D eigenvalue weighted by Gasteiger charge is -2.16. The molecule has 1 amide bonds. The quantitative estimate of drug-likeness (QED) is 0.882. The maximum atomic E-state index is 12.4. The molecule has 0 spiro atoms. The Bertz CT molecular complexity index is 482. The van der Waals surface area contributed by atoms with Crippen molar-refractivity contribution < 1.29 is 4.79 Å². The van der Waals surface area contributed by atoms with Crippen molar-refractivity contribution in [1.82, 2.24) is 0 Å². The second-order valence-corrected chi connectivity index (χ2v) is 4.51. The van der Waals surface area contributed by atoms with E-state index in [1.807, 2.05) is 38.1 Å². The average Bonchev–Trinajstić information content (AvgIpc) is 2.68. The van der Waals surface area contributed by atoms with E-state index in [9.17, 15) is 4.79 Å². The van der Waals surface area contributed by atoms with E-state index in [0.29, 0.717) is 13.0 Å². The molecule has 0 fully saturated rings. The number of hydrogen-bond donors (Lipinski definition) is 1. The highest BCUT2D eigenvalue weighted by Crippen LogP contribution is 2.28. The van der Waals surface area contributed by atoms with Crippen LogP contribution in [0.5, 0.6) is 0 Å². The number of amides is 1. The molecule has 18 heavy (non-hydrogen) atoms. The fraction of sp³-hybridized carbons (Fsp3) is 0.429. The van der Waals surface area contributed by atoms with Crippen molar-refractivity contribution >= 4 is 17.3 Å². The van der Waals surface area contributed by atoms with Gasteiger partial charge in [-0.3, -0.25) is 4.79 Å². The minimum Gasteiger partial charge on any atom is -0.330 e. The van der Waals surface area contributed by atoms with Gasteiger partial charge in [0.25, 0.3) is 5.91 Å². The van der Waals surface area contributed by atoms with Crippen molar-refractivity contribution in [2.75, 3.05) is 11.6 Å². The molecule has 4 heteroatoms. The molecule has 1 aromatic carbocycles. The fourth-order valence-corrected chi connectivity index (χ4v) is 2.29. The summed E-state index contributed by atoms with van der Waals surface area (Å²) in [5.41, 5.74) is 8.44. The van der Waals surface area contributed by atoms with Crippen LogP contribution < -0.4 is 10.7 Å². The number of hydrogen-bond acceptors (Lipinski definition) is 3. The van der Waals surface area contributed by atoms with Crippen LogP contribution in [-0.4, -0.2) is 18.2 Å². The Hall–Kier alpha value is -1.68. The second-order valence-electron chi connectivity index (χ2n) is 4.51. The van der Waals surface area contributed by atoms with E-state index in [4.69, 9.17) is 5.73 Å². The molecule has 1 unspecified atom stereocenters. The lowest BCUT2D eigenvalue weighted by atomic mass is 9.97. The van der Waals surface area contributed by atoms with E-state index >= 15 is 0 Å². The molecular weight excluding hydrogens is 226 g/mol. The molecule has 0 bridgehead atoms. The Morgan fingerprint density at radius 3 is 2.72 bits per heavy atom. The SMILES string of the molecule is CCC1=NN(c2ccccc2C)C(=O)C1CCN. The van der Waals surface area contributed by atoms with Crippen molar-refractivity contribution in [3.63, 3.8) is 0 Å². The summed E-state index contributed by atoms with van der Waals surface area (Å²) < 4.78 is 0. The van der Waals surface area contributed by atoms with Crippen LogP contribution in [0.2, 0.25) is 0 Å². The van der Waals surface area contributed by atoms with Gasteiger partial charge in [0.05, 0.1) is 17.3 Å². The number of nitrogens with zero attached hydrogens (tertiary/aromatic N) is 2. The predicted octanol–water partition coefficient (Wildman–Crippen LogP) is 2.07. The van der Waals surface area contributed by atoms with Crippen LogP contribution >= 0.6 is 0 Å². The number of anilines is 1. The molecule has 1 atom stereocenters. The molecule has 2 N–H and O–H groups in total. The van der Waals surface area contributed by atoms with E-state index in [-0.39, 0.29) is 11.8 Å². The van der Waals surface area contributed by atoms with Crippen LogP contribution in [0.15, 0.2) is 29.4 Å². The molecule has 0 radical (unpaired) electrons. The first-order chi connectivity index (χ1) is 8.69. The van der Waals surface area contributed by atoms with E-state index in [0.717, 1.165) is 23.4 Å². The number of nitrogens with two attached hydrogens (primary N) is 1. The third-order valence-corrected chi connectivity index (χ3v) is 3.30. The highest BCUT2D eigenvalue weighted by atomic mass is 16.2. The molecule has 1 aliphatic heterocycles. The molecule has 0 aromatic heterocycles. The van der Waals surface area contributed by atoms with Crippen LogP contribution in [0, 0.1) is 12.8 Å². The average molecular weight is 245 g/mol. The van der Waals surface area contributed by atoms with Gasteiger partial charge in [0, 0.05) is 0 Å². The second kappa shape index (κ2) is 5.31. The van der Waals surface area contributed by atoms with Crippen LogP contribution in [0.3, 0.4) is 0 Å². The van der Waals surface area contributed by atoms with Gasteiger partial charge in [-0.25, -0.2) is 0 Å². The monoisotopic (exact) mass is 245 g/mol. The summed E-state index contributed by atoms with van der Waals surface area (Å²) in [6.45, 7) is 4.52. The first-order valence-corrected chi connectivity index (χ1v) is 6.36. The Labute approximate surface area is 107 Å². The Kier molecular flexibility index (Phi) is 3.77. The van der Waals surface area contributed by atoms with Gasteiger partial charge in [0.15, 0.2) is 0 Å². The molecule has 0 saturated heterocycles. The maximum absolute atomic E-state index is 12.4. The first-order valence-electron chi connectivity index (χ1n) is 6.36. The van der Waals surface area contributed by atoms with Crippen molar-refractivity contribution in [2.24, 2.45) is 16.8 Å². The summed E-state index contributed by atoms with van der Waals surface area (Å²) in [6.07, 6.45) is 1.46. The van der Waals surface area contributed by atoms with Crippen molar-refractivity contribution in [2.45, 2.75) is 26.7 Å². The van der Waals surface area contributed by atoms with Gasteiger partial charge in [-0.2, -0.15) is 10.1 Å². The zero-order chi connectivity index (χ0) is 13.1. The van der Waals surface area contributed by atoms with Gasteiger partial charge < -0.3 is 5.73 Å². The maximum Gasteiger partial charge on any atom is 0.256 e. The minimum atomic E-state index is -0.139. The largest absolute Gasteiger partial charge is 0.330 e. The minimum absolute atomic E-state index is 0.0478. The van der Waals surface area contributed by atoms with Gasteiger partial charge in [0.2, 0.25) is 0 Å². The summed E-state index contributed by atoms with van der Waals surface area (Å²) in [4.78, 5) is 12.4. The van der Waals surface area contributed by atoms with Gasteiger partial charge in [-0.15, -0.1) is 0 Å². The van der Waals surface area contributed by atoms with Gasteiger partial charge in [0.1, 0.15) is 0 Å². The molecule has 4 nitrogen and oxygen atoms in total. The standard InChI is InChI=1S/C14H19N3O/c1-3-12-11(8-9-15)14(18)17(16-12)13-7-5-4-6-10(13)2/h4-7,11H,3,8-9,15H2,1-2H3. The van der Waals surface area contributed by atoms with Crippen LogP contribution in [0.25, 0.3) is 0 Å². The number of hydrazone groups is 1. The van der Waals surface area contributed by atoms with Crippen molar-refractivity contribution in [3.05, 3.63) is 29.8 Å². The summed E-state index contributed by atoms with van der Waals surface area (Å²) in [7, 11) is 0. The Balaban J connectivity index is 2.34. The molecule has 1 aliphatic rings. The van der Waals surface area contributed by atoms with E-state index in [1.54, 1.807) is 0 Å². The van der Waals surface area contributed by atoms with Gasteiger partial charge in [-0.1, -0.05) is 25.1 Å². The number of para-hydroxylation sites is 1. The third-order valence-electron chi connectivity index (χ3n) is 3.30. The summed E-state index contributed by atoms with van der Waals surface area (Å²) >= 11 is 0. The van der Waals surface area contributed by atoms with Crippen LogP contribution in [-0.2, 0) is 4.79 Å². The summed E-state index contributed by atoms with van der Waals surface area (Å²) in [6, 6.07) is 7.79. The highest BCUT2D eigenvalue weighted by molar-refractivity contribution is 6.15. The Morgan fingerprint density at radius 2 is 2.11 bits per heavy atom. The van der Waals surface area contributed by atoms with E-state index in [1.165, 1.54) is 5.01 Å². The van der Waals surface area contributed by atoms with Crippen LogP contribution in [0.1, 0.15) is 25.3 Å². The summed E-state index contributed by atoms with van der Waals surface area (Å²) in [5, 5.41) is 6.00. The highest BCUT2D eigenvalue weighted by Gasteiger charge is 2.35. The van der Waals surface area contributed by atoms with E-state index < -0.39 is 0 Å². The molecular formula is C14H19N3O. The molecule has 0 aliphatic carbocycles. The van der Waals surface area contributed by atoms with E-state index in [2.05, 4.69) is 5.10 Å². The molecule has 0 saturated carbocycles. The number of benzene rings is 1. The normalized spacial score (nSPS) is 19.3. The number of rotatable bonds is 4. The molecule has 96 valence electrons. The first kappa shape index (κ1) is 12.8. The van der Waals surface area contributed by atoms with Crippen LogP contribution in [0.4, 0.5) is 5.69 Å². The predicted molar refractivity (Wildman–Crippen MR) is 73.6 cm³/mol. The van der Waals surface area contributed by atoms with Crippen molar-refractivity contribution in [3.8, 4) is 0 Å². The lowest BCUT2D eigenvalue weighted by Crippen LogP contribution is -2.29. The number of carbonyl (C=O) groups is 1. The zero-order valence-corrected chi connectivity index (χ0v) is 10.9. The fourth-order valence-electron chi connectivity index (χ4n) is 2.29. The van der Waals surface area contributed by atoms with Gasteiger partial charge >= 0.3 is 0 Å².